The van der Waals surface area contributed by atoms with Crippen LogP contribution < -0.4 is 5.32 Å². The van der Waals surface area contributed by atoms with Gasteiger partial charge in [0.15, 0.2) is 11.2 Å². The Morgan fingerprint density at radius 1 is 1.41 bits per heavy atom. The number of thioether (sulfide) groups is 1. The number of fused-ring (bicyclic) bond motifs is 1. The smallest absolute Gasteiger partial charge is 0.258 e. The third-order valence-corrected chi connectivity index (χ3v) is 4.01. The van der Waals surface area contributed by atoms with Gasteiger partial charge in [-0.05, 0) is 36.8 Å². The summed E-state index contributed by atoms with van der Waals surface area (Å²) in [7, 11) is 0. The SMILES string of the molecule is Cc1ccc(NC(=O)CSc2nc3ncccc3o2)c(Cl)c1. The fourth-order valence-electron chi connectivity index (χ4n) is 1.85. The average Bonchev–Trinajstić information content (AvgIpc) is 2.91. The van der Waals surface area contributed by atoms with E-state index in [9.17, 15) is 4.79 Å². The molecule has 0 saturated heterocycles. The normalized spacial score (nSPS) is 10.8. The van der Waals surface area contributed by atoms with Gasteiger partial charge in [0, 0.05) is 6.20 Å². The van der Waals surface area contributed by atoms with Gasteiger partial charge in [-0.15, -0.1) is 0 Å². The molecule has 22 heavy (non-hydrogen) atoms. The van der Waals surface area contributed by atoms with E-state index in [-0.39, 0.29) is 11.7 Å². The van der Waals surface area contributed by atoms with Gasteiger partial charge < -0.3 is 9.73 Å². The predicted octanol–water partition coefficient (Wildman–Crippen LogP) is 3.92. The second-order valence-corrected chi connectivity index (χ2v) is 5.96. The number of nitrogens with one attached hydrogen (secondary N) is 1. The van der Waals surface area contributed by atoms with E-state index in [1.807, 2.05) is 13.0 Å². The lowest BCUT2D eigenvalue weighted by molar-refractivity contribution is -0.113. The van der Waals surface area contributed by atoms with Crippen LogP contribution in [0.4, 0.5) is 5.69 Å². The van der Waals surface area contributed by atoms with Crippen molar-refractivity contribution < 1.29 is 9.21 Å². The Morgan fingerprint density at radius 3 is 3.05 bits per heavy atom. The van der Waals surface area contributed by atoms with Crippen LogP contribution in [0, 0.1) is 6.92 Å². The van der Waals surface area contributed by atoms with Crippen LogP contribution >= 0.6 is 23.4 Å². The first-order valence-electron chi connectivity index (χ1n) is 6.52. The van der Waals surface area contributed by atoms with E-state index in [0.717, 1.165) is 5.56 Å². The molecule has 0 spiro atoms. The topological polar surface area (TPSA) is 68.0 Å². The van der Waals surface area contributed by atoms with E-state index in [4.69, 9.17) is 16.0 Å². The molecule has 0 atom stereocenters. The number of hydrogen-bond donors (Lipinski definition) is 1. The van der Waals surface area contributed by atoms with Gasteiger partial charge >= 0.3 is 0 Å². The highest BCUT2D eigenvalue weighted by Crippen LogP contribution is 2.24. The van der Waals surface area contributed by atoms with E-state index in [1.54, 1.807) is 30.5 Å². The molecule has 0 unspecified atom stereocenters. The average molecular weight is 334 g/mol. The summed E-state index contributed by atoms with van der Waals surface area (Å²) in [5, 5.41) is 3.70. The number of anilines is 1. The predicted molar refractivity (Wildman–Crippen MR) is 87.3 cm³/mol. The molecular formula is C15H12ClN3O2S. The standard InChI is InChI=1S/C15H12ClN3O2S/c1-9-4-5-11(10(16)7-9)18-13(20)8-22-15-19-14-12(21-15)3-2-6-17-14/h2-7H,8H2,1H3,(H,18,20). The molecule has 7 heteroatoms. The number of hydrogen-bond acceptors (Lipinski definition) is 5. The molecule has 3 rings (SSSR count). The third-order valence-electron chi connectivity index (χ3n) is 2.87. The van der Waals surface area contributed by atoms with Gasteiger partial charge in [0.25, 0.3) is 5.22 Å². The number of pyridine rings is 1. The maximum Gasteiger partial charge on any atom is 0.258 e. The Hall–Kier alpha value is -2.05. The van der Waals surface area contributed by atoms with E-state index < -0.39 is 0 Å². The molecule has 0 aliphatic rings. The Morgan fingerprint density at radius 2 is 2.27 bits per heavy atom. The van der Waals surface area contributed by atoms with Crippen LogP contribution in [-0.4, -0.2) is 21.6 Å². The van der Waals surface area contributed by atoms with E-state index >= 15 is 0 Å². The van der Waals surface area contributed by atoms with Crippen molar-refractivity contribution in [3.05, 3.63) is 47.1 Å². The minimum Gasteiger partial charge on any atom is -0.430 e. The van der Waals surface area contributed by atoms with Crippen molar-refractivity contribution in [1.29, 1.82) is 0 Å². The summed E-state index contributed by atoms with van der Waals surface area (Å²) >= 11 is 7.29. The first kappa shape index (κ1) is 14.9. The largest absolute Gasteiger partial charge is 0.430 e. The molecule has 0 radical (unpaired) electrons. The molecule has 2 aromatic heterocycles. The fourth-order valence-corrected chi connectivity index (χ4v) is 2.75. The van der Waals surface area contributed by atoms with Crippen LogP contribution in [-0.2, 0) is 4.79 Å². The summed E-state index contributed by atoms with van der Waals surface area (Å²) in [6.07, 6.45) is 1.64. The molecule has 2 heterocycles. The van der Waals surface area contributed by atoms with Crippen molar-refractivity contribution in [3.8, 4) is 0 Å². The van der Waals surface area contributed by atoms with Crippen molar-refractivity contribution >= 4 is 46.2 Å². The summed E-state index contributed by atoms with van der Waals surface area (Å²) in [6.45, 7) is 1.94. The van der Waals surface area contributed by atoms with Gasteiger partial charge in [-0.1, -0.05) is 29.4 Å². The monoisotopic (exact) mass is 333 g/mol. The Bertz CT molecular complexity index is 802. The lowest BCUT2D eigenvalue weighted by Gasteiger charge is -2.06. The van der Waals surface area contributed by atoms with Crippen LogP contribution in [0.5, 0.6) is 0 Å². The summed E-state index contributed by atoms with van der Waals surface area (Å²) in [4.78, 5) is 20.2. The number of aromatic nitrogens is 2. The molecule has 0 bridgehead atoms. The summed E-state index contributed by atoms with van der Waals surface area (Å²) in [5.41, 5.74) is 2.77. The summed E-state index contributed by atoms with van der Waals surface area (Å²) in [6, 6.07) is 9.03. The Labute approximate surface area is 136 Å². The van der Waals surface area contributed by atoms with E-state index in [2.05, 4.69) is 15.3 Å². The van der Waals surface area contributed by atoms with Crippen molar-refractivity contribution in [2.75, 3.05) is 11.1 Å². The van der Waals surface area contributed by atoms with Gasteiger partial charge in [-0.3, -0.25) is 4.79 Å². The second kappa shape index (κ2) is 6.37. The quantitative estimate of drug-likeness (QED) is 0.733. The minimum absolute atomic E-state index is 0.175. The van der Waals surface area contributed by atoms with Crippen molar-refractivity contribution in [2.45, 2.75) is 12.1 Å². The zero-order valence-electron chi connectivity index (χ0n) is 11.7. The second-order valence-electron chi connectivity index (χ2n) is 4.63. The number of carbonyl (C=O) groups excluding carboxylic acids is 1. The lowest BCUT2D eigenvalue weighted by Crippen LogP contribution is -2.14. The number of rotatable bonds is 4. The first-order chi connectivity index (χ1) is 10.6. The van der Waals surface area contributed by atoms with Gasteiger partial charge in [0.1, 0.15) is 0 Å². The molecule has 0 aliphatic heterocycles. The van der Waals surface area contributed by atoms with Crippen molar-refractivity contribution in [2.24, 2.45) is 0 Å². The van der Waals surface area contributed by atoms with Gasteiger partial charge in [0.2, 0.25) is 5.91 Å². The highest BCUT2D eigenvalue weighted by Gasteiger charge is 2.11. The molecule has 3 aromatic rings. The first-order valence-corrected chi connectivity index (χ1v) is 7.88. The van der Waals surface area contributed by atoms with Gasteiger partial charge in [0.05, 0.1) is 16.5 Å². The number of carbonyl (C=O) groups is 1. The van der Waals surface area contributed by atoms with E-state index in [0.29, 0.717) is 27.2 Å². The molecule has 5 nitrogen and oxygen atoms in total. The Kier molecular flexibility index (Phi) is 4.31. The van der Waals surface area contributed by atoms with Crippen LogP contribution in [0.2, 0.25) is 5.02 Å². The zero-order chi connectivity index (χ0) is 15.5. The number of amides is 1. The highest BCUT2D eigenvalue weighted by atomic mass is 35.5. The summed E-state index contributed by atoms with van der Waals surface area (Å²) < 4.78 is 5.49. The number of oxazole rings is 1. The summed E-state index contributed by atoms with van der Waals surface area (Å²) in [5.74, 6) is 0.00258. The number of nitrogens with zero attached hydrogens (tertiary/aromatic N) is 2. The molecule has 1 aromatic carbocycles. The third kappa shape index (κ3) is 3.40. The molecule has 0 saturated carbocycles. The highest BCUT2D eigenvalue weighted by molar-refractivity contribution is 7.99. The van der Waals surface area contributed by atoms with Crippen LogP contribution in [0.1, 0.15) is 5.56 Å². The maximum atomic E-state index is 12.0. The molecule has 0 fully saturated rings. The molecular weight excluding hydrogens is 322 g/mol. The van der Waals surface area contributed by atoms with Crippen molar-refractivity contribution in [1.82, 2.24) is 9.97 Å². The van der Waals surface area contributed by atoms with Crippen molar-refractivity contribution in [3.63, 3.8) is 0 Å². The molecule has 1 amide bonds. The number of aryl methyl sites for hydroxylation is 1. The number of halogens is 1. The lowest BCUT2D eigenvalue weighted by atomic mass is 10.2. The Balaban J connectivity index is 1.62. The molecule has 0 aliphatic carbocycles. The van der Waals surface area contributed by atoms with Gasteiger partial charge in [-0.25, -0.2) is 4.98 Å². The maximum absolute atomic E-state index is 12.0. The van der Waals surface area contributed by atoms with Crippen LogP contribution in [0.25, 0.3) is 11.2 Å². The van der Waals surface area contributed by atoms with Gasteiger partial charge in [-0.2, -0.15) is 4.98 Å². The fraction of sp³-hybridized carbons (Fsp3) is 0.133. The van der Waals surface area contributed by atoms with Crippen LogP contribution in [0.15, 0.2) is 46.2 Å². The molecule has 112 valence electrons. The number of benzene rings is 1. The van der Waals surface area contributed by atoms with E-state index in [1.165, 1.54) is 11.8 Å². The zero-order valence-corrected chi connectivity index (χ0v) is 13.2. The minimum atomic E-state index is -0.175. The van der Waals surface area contributed by atoms with Crippen LogP contribution in [0.3, 0.4) is 0 Å². The molecule has 1 N–H and O–H groups in total.